The fourth-order valence-electron chi connectivity index (χ4n) is 3.38. The first-order valence-electron chi connectivity index (χ1n) is 12.0. The summed E-state index contributed by atoms with van der Waals surface area (Å²) < 4.78 is 9.85. The highest BCUT2D eigenvalue weighted by molar-refractivity contribution is 5.93. The molecule has 0 aliphatic carbocycles. The summed E-state index contributed by atoms with van der Waals surface area (Å²) in [4.78, 5) is 64.0. The van der Waals surface area contributed by atoms with E-state index in [1.165, 1.54) is 30.2 Å². The van der Waals surface area contributed by atoms with Gasteiger partial charge in [-0.25, -0.2) is 4.79 Å². The predicted octanol–water partition coefficient (Wildman–Crippen LogP) is 1.51. The Hall–Kier alpha value is -3.83. The second-order valence-corrected chi connectivity index (χ2v) is 9.38. The highest BCUT2D eigenvalue weighted by atomic mass is 16.6. The lowest BCUT2D eigenvalue weighted by atomic mass is 10.0. The number of nitrogens with one attached hydrogen (secondary N) is 2. The minimum atomic E-state index is -1.27. The second-order valence-electron chi connectivity index (χ2n) is 9.38. The third kappa shape index (κ3) is 11.2. The number of aromatic hydroxyl groups is 1. The lowest BCUT2D eigenvalue weighted by Crippen LogP contribution is -2.53. The number of hydrogen-bond acceptors (Lipinski definition) is 8. The zero-order valence-electron chi connectivity index (χ0n) is 22.0. The van der Waals surface area contributed by atoms with Crippen molar-refractivity contribution in [2.24, 2.45) is 5.73 Å². The molecule has 12 nitrogen and oxygen atoms in total. The predicted molar refractivity (Wildman–Crippen MR) is 134 cm³/mol. The van der Waals surface area contributed by atoms with Gasteiger partial charge in [0.1, 0.15) is 30.0 Å². The van der Waals surface area contributed by atoms with E-state index in [1.54, 1.807) is 26.8 Å². The largest absolute Gasteiger partial charge is 0.508 e. The number of phenols is 1. The van der Waals surface area contributed by atoms with Crippen molar-refractivity contribution < 1.29 is 38.6 Å². The Morgan fingerprint density at radius 2 is 1.84 bits per heavy atom. The van der Waals surface area contributed by atoms with Crippen molar-refractivity contribution in [3.05, 3.63) is 29.8 Å². The maximum atomic E-state index is 13.8. The number of phenolic OH excluding ortho intramolecular Hbond substituents is 1. The normalized spacial score (nSPS) is 12.6. The molecular formula is C25H38N4O8. The van der Waals surface area contributed by atoms with Crippen LogP contribution in [-0.2, 0) is 28.7 Å². The zero-order chi connectivity index (χ0) is 28.2. The van der Waals surface area contributed by atoms with Crippen molar-refractivity contribution in [1.82, 2.24) is 15.5 Å². The number of nitrogens with zero attached hydrogens (tertiary/aromatic N) is 1. The third-order valence-corrected chi connectivity index (χ3v) is 5.08. The van der Waals surface area contributed by atoms with E-state index < -0.39 is 54.0 Å². The number of unbranched alkanes of at least 4 members (excludes halogenated alkanes) is 1. The van der Waals surface area contributed by atoms with Gasteiger partial charge in [0.15, 0.2) is 0 Å². The SMILES string of the molecule is CCCCN(C(=O)C(CCC(N)=O)NC(=O)OC(C)(C)C)C(C(=O)NCC(=O)OC)c1cccc(O)c1. The van der Waals surface area contributed by atoms with Crippen molar-refractivity contribution >= 4 is 29.8 Å². The number of ether oxygens (including phenoxy) is 2. The zero-order valence-corrected chi connectivity index (χ0v) is 22.0. The van der Waals surface area contributed by atoms with Gasteiger partial charge in [-0.05, 0) is 51.3 Å². The molecule has 0 saturated carbocycles. The maximum Gasteiger partial charge on any atom is 0.408 e. The van der Waals surface area contributed by atoms with Crippen molar-refractivity contribution in [3.8, 4) is 5.75 Å². The summed E-state index contributed by atoms with van der Waals surface area (Å²) in [5, 5.41) is 15.0. The van der Waals surface area contributed by atoms with E-state index in [0.29, 0.717) is 12.8 Å². The molecule has 0 aromatic heterocycles. The fraction of sp³-hybridized carbons (Fsp3) is 0.560. The quantitative estimate of drug-likeness (QED) is 0.282. The third-order valence-electron chi connectivity index (χ3n) is 5.08. The van der Waals surface area contributed by atoms with Crippen LogP contribution in [0.3, 0.4) is 0 Å². The van der Waals surface area contributed by atoms with Crippen LogP contribution in [0.15, 0.2) is 24.3 Å². The van der Waals surface area contributed by atoms with Gasteiger partial charge in [-0.2, -0.15) is 0 Å². The Morgan fingerprint density at radius 3 is 2.38 bits per heavy atom. The Kier molecular flexibility index (Phi) is 12.4. The lowest BCUT2D eigenvalue weighted by Gasteiger charge is -2.34. The Morgan fingerprint density at radius 1 is 1.16 bits per heavy atom. The molecule has 0 radical (unpaired) electrons. The highest BCUT2D eigenvalue weighted by Crippen LogP contribution is 2.26. The van der Waals surface area contributed by atoms with Crippen LogP contribution in [0.2, 0.25) is 0 Å². The molecule has 0 aliphatic heterocycles. The van der Waals surface area contributed by atoms with E-state index in [1.807, 2.05) is 6.92 Å². The van der Waals surface area contributed by atoms with Gasteiger partial charge in [0.25, 0.3) is 0 Å². The number of carbonyl (C=O) groups is 5. The Bertz CT molecular complexity index is 960. The van der Waals surface area contributed by atoms with E-state index in [-0.39, 0.29) is 30.7 Å². The van der Waals surface area contributed by atoms with Gasteiger partial charge in [-0.15, -0.1) is 0 Å². The fourth-order valence-corrected chi connectivity index (χ4v) is 3.38. The molecule has 37 heavy (non-hydrogen) atoms. The van der Waals surface area contributed by atoms with Crippen LogP contribution >= 0.6 is 0 Å². The number of esters is 1. The average Bonchev–Trinajstić information content (AvgIpc) is 2.80. The van der Waals surface area contributed by atoms with Crippen LogP contribution < -0.4 is 16.4 Å². The van der Waals surface area contributed by atoms with E-state index in [9.17, 15) is 29.1 Å². The summed E-state index contributed by atoms with van der Waals surface area (Å²) in [5.74, 6) is -2.87. The molecule has 0 fully saturated rings. The van der Waals surface area contributed by atoms with Crippen LogP contribution in [0.25, 0.3) is 0 Å². The molecule has 0 aliphatic rings. The highest BCUT2D eigenvalue weighted by Gasteiger charge is 2.36. The summed E-state index contributed by atoms with van der Waals surface area (Å²) in [6.45, 7) is 6.52. The molecule has 0 saturated heterocycles. The lowest BCUT2D eigenvalue weighted by molar-refractivity contribution is -0.145. The molecule has 2 atom stereocenters. The standard InChI is InChI=1S/C25H38N4O8/c1-6-7-13-29(23(34)18(11-12-19(26)31)28-24(35)37-25(2,3)4)21(16-9-8-10-17(30)14-16)22(33)27-15-20(32)36-5/h8-10,14,18,21,30H,6-7,11-13,15H2,1-5H3,(H2,26,31)(H,27,33)(H,28,35). The van der Waals surface area contributed by atoms with Crippen LogP contribution in [0.1, 0.15) is 65.0 Å². The number of nitrogens with two attached hydrogens (primary N) is 1. The number of carbonyl (C=O) groups excluding carboxylic acids is 5. The van der Waals surface area contributed by atoms with Gasteiger partial charge in [0.2, 0.25) is 17.7 Å². The molecular weight excluding hydrogens is 484 g/mol. The molecule has 1 rings (SSSR count). The van der Waals surface area contributed by atoms with Gasteiger partial charge in [0.05, 0.1) is 7.11 Å². The van der Waals surface area contributed by atoms with E-state index >= 15 is 0 Å². The minimum absolute atomic E-state index is 0.102. The minimum Gasteiger partial charge on any atom is -0.508 e. The molecule has 5 N–H and O–H groups in total. The first kappa shape index (κ1) is 31.2. The number of alkyl carbamates (subject to hydrolysis) is 1. The smallest absolute Gasteiger partial charge is 0.408 e. The van der Waals surface area contributed by atoms with Crippen LogP contribution in [0, 0.1) is 0 Å². The molecule has 2 unspecified atom stereocenters. The van der Waals surface area contributed by atoms with Gasteiger partial charge in [0, 0.05) is 13.0 Å². The second kappa shape index (κ2) is 14.7. The van der Waals surface area contributed by atoms with Gasteiger partial charge >= 0.3 is 12.1 Å². The van der Waals surface area contributed by atoms with E-state index in [0.717, 1.165) is 0 Å². The molecule has 0 heterocycles. The molecule has 0 spiro atoms. The summed E-state index contributed by atoms with van der Waals surface area (Å²) in [6, 6.07) is 3.28. The topological polar surface area (TPSA) is 177 Å². The summed E-state index contributed by atoms with van der Waals surface area (Å²) in [6.07, 6.45) is -0.0486. The number of methoxy groups -OCH3 is 1. The van der Waals surface area contributed by atoms with Crippen molar-refractivity contribution in [1.29, 1.82) is 0 Å². The van der Waals surface area contributed by atoms with Crippen molar-refractivity contribution in [2.45, 2.75) is 71.1 Å². The van der Waals surface area contributed by atoms with Gasteiger partial charge in [-0.3, -0.25) is 19.2 Å². The number of rotatable bonds is 13. The van der Waals surface area contributed by atoms with Crippen LogP contribution in [-0.4, -0.2) is 71.6 Å². The van der Waals surface area contributed by atoms with Crippen molar-refractivity contribution in [2.75, 3.05) is 20.2 Å². The maximum absolute atomic E-state index is 13.8. The monoisotopic (exact) mass is 522 g/mol. The summed E-state index contributed by atoms with van der Waals surface area (Å²) in [7, 11) is 1.17. The molecule has 206 valence electrons. The number of hydrogen-bond donors (Lipinski definition) is 4. The summed E-state index contributed by atoms with van der Waals surface area (Å²) >= 11 is 0. The van der Waals surface area contributed by atoms with Gasteiger partial charge < -0.3 is 35.8 Å². The van der Waals surface area contributed by atoms with E-state index in [2.05, 4.69) is 15.4 Å². The molecule has 1 aromatic carbocycles. The number of primary amides is 1. The van der Waals surface area contributed by atoms with Crippen molar-refractivity contribution in [3.63, 3.8) is 0 Å². The number of amides is 4. The van der Waals surface area contributed by atoms with E-state index in [4.69, 9.17) is 10.5 Å². The molecule has 4 amide bonds. The van der Waals surface area contributed by atoms with Crippen LogP contribution in [0.5, 0.6) is 5.75 Å². The Labute approximate surface area is 216 Å². The molecule has 12 heteroatoms. The average molecular weight is 523 g/mol. The summed E-state index contributed by atoms with van der Waals surface area (Å²) in [5.41, 5.74) is 4.71. The molecule has 1 aromatic rings. The first-order chi connectivity index (χ1) is 17.3. The molecule has 0 bridgehead atoms. The van der Waals surface area contributed by atoms with Gasteiger partial charge in [-0.1, -0.05) is 25.5 Å². The van der Waals surface area contributed by atoms with Crippen LogP contribution in [0.4, 0.5) is 4.79 Å². The number of benzene rings is 1. The first-order valence-corrected chi connectivity index (χ1v) is 12.0. The Balaban J connectivity index is 3.46.